The Labute approximate surface area is 117 Å². The molecule has 102 valence electrons. The van der Waals surface area contributed by atoms with Crippen molar-refractivity contribution >= 4 is 15.9 Å². The molecule has 1 rings (SSSR count). The topological polar surface area (TPSA) is 21.3 Å². The quantitative estimate of drug-likeness (QED) is 0.742. The average Bonchev–Trinajstić information content (AvgIpc) is 2.37. The fraction of sp³-hybridized carbons (Fsp3) is 0.571. The van der Waals surface area contributed by atoms with E-state index < -0.39 is 0 Å². The van der Waals surface area contributed by atoms with E-state index in [-0.39, 0.29) is 5.82 Å². The zero-order chi connectivity index (χ0) is 13.4. The third-order valence-electron chi connectivity index (χ3n) is 3.01. The molecule has 0 aliphatic rings. The fourth-order valence-electron chi connectivity index (χ4n) is 1.85. The van der Waals surface area contributed by atoms with Crippen molar-refractivity contribution in [1.82, 2.24) is 5.32 Å². The maximum Gasteiger partial charge on any atom is 0.126 e. The van der Waals surface area contributed by atoms with Crippen LogP contribution in [0.4, 0.5) is 4.39 Å². The van der Waals surface area contributed by atoms with Gasteiger partial charge in [0.05, 0.1) is 6.61 Å². The Hall–Kier alpha value is -0.450. The highest BCUT2D eigenvalue weighted by molar-refractivity contribution is 9.10. The molecule has 0 saturated heterocycles. The molecule has 0 heterocycles. The van der Waals surface area contributed by atoms with Gasteiger partial charge in [-0.25, -0.2) is 4.39 Å². The number of nitrogens with one attached hydrogen (secondary N) is 1. The molecule has 1 aromatic carbocycles. The summed E-state index contributed by atoms with van der Waals surface area (Å²) in [6.45, 7) is 4.58. The molecule has 0 aromatic heterocycles. The Bertz CT molecular complexity index is 360. The SMILES string of the molecule is CCC(CNCCOC)Cc1cc(Br)ccc1F. The Morgan fingerprint density at radius 1 is 1.44 bits per heavy atom. The lowest BCUT2D eigenvalue weighted by Crippen LogP contribution is -2.27. The smallest absolute Gasteiger partial charge is 0.126 e. The molecule has 2 nitrogen and oxygen atoms in total. The number of methoxy groups -OCH3 is 1. The normalized spacial score (nSPS) is 12.7. The van der Waals surface area contributed by atoms with Crippen molar-refractivity contribution < 1.29 is 9.13 Å². The molecule has 1 N–H and O–H groups in total. The van der Waals surface area contributed by atoms with Gasteiger partial charge in [0, 0.05) is 18.1 Å². The van der Waals surface area contributed by atoms with Gasteiger partial charge in [0.25, 0.3) is 0 Å². The number of halogens is 2. The van der Waals surface area contributed by atoms with Crippen LogP contribution < -0.4 is 5.32 Å². The second-order valence-electron chi connectivity index (χ2n) is 4.41. The zero-order valence-electron chi connectivity index (χ0n) is 11.0. The van der Waals surface area contributed by atoms with Crippen LogP contribution in [0.15, 0.2) is 22.7 Å². The van der Waals surface area contributed by atoms with Gasteiger partial charge in [-0.2, -0.15) is 0 Å². The van der Waals surface area contributed by atoms with Gasteiger partial charge in [0.15, 0.2) is 0 Å². The van der Waals surface area contributed by atoms with Crippen molar-refractivity contribution in [2.75, 3.05) is 26.8 Å². The average molecular weight is 318 g/mol. The van der Waals surface area contributed by atoms with Crippen LogP contribution in [0.25, 0.3) is 0 Å². The summed E-state index contributed by atoms with van der Waals surface area (Å²) < 4.78 is 19.6. The molecule has 18 heavy (non-hydrogen) atoms. The largest absolute Gasteiger partial charge is 0.383 e. The van der Waals surface area contributed by atoms with Crippen molar-refractivity contribution in [2.45, 2.75) is 19.8 Å². The summed E-state index contributed by atoms with van der Waals surface area (Å²) in [5, 5.41) is 3.33. The molecule has 0 amide bonds. The lowest BCUT2D eigenvalue weighted by Gasteiger charge is -2.16. The molecule has 0 spiro atoms. The summed E-state index contributed by atoms with van der Waals surface area (Å²) in [5.74, 6) is 0.333. The molecule has 0 radical (unpaired) electrons. The third-order valence-corrected chi connectivity index (χ3v) is 3.50. The van der Waals surface area contributed by atoms with E-state index >= 15 is 0 Å². The maximum atomic E-state index is 13.6. The van der Waals surface area contributed by atoms with Crippen LogP contribution in [0, 0.1) is 11.7 Å². The van der Waals surface area contributed by atoms with Gasteiger partial charge in [0.1, 0.15) is 5.82 Å². The zero-order valence-corrected chi connectivity index (χ0v) is 12.6. The fourth-order valence-corrected chi connectivity index (χ4v) is 2.26. The van der Waals surface area contributed by atoms with Gasteiger partial charge in [-0.15, -0.1) is 0 Å². The summed E-state index contributed by atoms with van der Waals surface area (Å²) >= 11 is 3.38. The van der Waals surface area contributed by atoms with Crippen LogP contribution in [0.3, 0.4) is 0 Å². The number of benzene rings is 1. The van der Waals surface area contributed by atoms with E-state index in [9.17, 15) is 4.39 Å². The van der Waals surface area contributed by atoms with E-state index in [1.54, 1.807) is 13.2 Å². The highest BCUT2D eigenvalue weighted by atomic mass is 79.9. The first-order chi connectivity index (χ1) is 8.67. The molecule has 1 atom stereocenters. The standard InChI is InChI=1S/C14H21BrFNO/c1-3-11(10-17-6-7-18-2)8-12-9-13(15)4-5-14(12)16/h4-5,9,11,17H,3,6-8,10H2,1-2H3. The Morgan fingerprint density at radius 2 is 2.22 bits per heavy atom. The van der Waals surface area contributed by atoms with Crippen LogP contribution in [0.5, 0.6) is 0 Å². The molecule has 4 heteroatoms. The Morgan fingerprint density at radius 3 is 2.89 bits per heavy atom. The lowest BCUT2D eigenvalue weighted by molar-refractivity contribution is 0.197. The van der Waals surface area contributed by atoms with Crippen LogP contribution in [-0.2, 0) is 11.2 Å². The van der Waals surface area contributed by atoms with Crippen molar-refractivity contribution in [3.05, 3.63) is 34.1 Å². The van der Waals surface area contributed by atoms with Gasteiger partial charge in [-0.1, -0.05) is 29.3 Å². The minimum absolute atomic E-state index is 0.117. The van der Waals surface area contributed by atoms with E-state index in [4.69, 9.17) is 4.74 Å². The Kier molecular flexibility index (Phi) is 7.47. The summed E-state index contributed by atoms with van der Waals surface area (Å²) in [7, 11) is 1.69. The predicted octanol–water partition coefficient (Wildman–Crippen LogP) is 3.39. The molecule has 1 unspecified atom stereocenters. The van der Waals surface area contributed by atoms with Crippen LogP contribution in [0.2, 0.25) is 0 Å². The number of hydrogen-bond acceptors (Lipinski definition) is 2. The van der Waals surface area contributed by atoms with Crippen molar-refractivity contribution in [1.29, 1.82) is 0 Å². The lowest BCUT2D eigenvalue weighted by atomic mass is 9.96. The van der Waals surface area contributed by atoms with Crippen LogP contribution >= 0.6 is 15.9 Å². The highest BCUT2D eigenvalue weighted by Gasteiger charge is 2.11. The van der Waals surface area contributed by atoms with E-state index in [1.165, 1.54) is 6.07 Å². The number of hydrogen-bond donors (Lipinski definition) is 1. The van der Waals surface area contributed by atoms with Crippen molar-refractivity contribution in [2.24, 2.45) is 5.92 Å². The molecule has 0 bridgehead atoms. The summed E-state index contributed by atoms with van der Waals surface area (Å²) in [6.07, 6.45) is 1.80. The van der Waals surface area contributed by atoms with Gasteiger partial charge in [-0.3, -0.25) is 0 Å². The van der Waals surface area contributed by atoms with Crippen LogP contribution in [0.1, 0.15) is 18.9 Å². The van der Waals surface area contributed by atoms with Gasteiger partial charge in [-0.05, 0) is 42.6 Å². The summed E-state index contributed by atoms with van der Waals surface area (Å²) in [5.41, 5.74) is 0.782. The van der Waals surface area contributed by atoms with Gasteiger partial charge in [0.2, 0.25) is 0 Å². The molecule has 0 aliphatic carbocycles. The van der Waals surface area contributed by atoms with Gasteiger partial charge < -0.3 is 10.1 Å². The van der Waals surface area contributed by atoms with Crippen molar-refractivity contribution in [3.63, 3.8) is 0 Å². The molecular formula is C14H21BrFNO. The third kappa shape index (κ3) is 5.46. The first kappa shape index (κ1) is 15.6. The maximum absolute atomic E-state index is 13.6. The first-order valence-electron chi connectivity index (χ1n) is 6.31. The molecular weight excluding hydrogens is 297 g/mol. The monoisotopic (exact) mass is 317 g/mol. The van der Waals surface area contributed by atoms with E-state index in [2.05, 4.69) is 28.2 Å². The predicted molar refractivity (Wildman–Crippen MR) is 76.3 cm³/mol. The highest BCUT2D eigenvalue weighted by Crippen LogP contribution is 2.19. The second kappa shape index (κ2) is 8.62. The van der Waals surface area contributed by atoms with E-state index in [1.807, 2.05) is 6.07 Å². The van der Waals surface area contributed by atoms with Crippen molar-refractivity contribution in [3.8, 4) is 0 Å². The first-order valence-corrected chi connectivity index (χ1v) is 7.10. The van der Waals surface area contributed by atoms with Crippen LogP contribution in [-0.4, -0.2) is 26.8 Å². The molecule has 0 saturated carbocycles. The molecule has 0 fully saturated rings. The summed E-state index contributed by atoms with van der Waals surface area (Å²) in [4.78, 5) is 0. The van der Waals surface area contributed by atoms with E-state index in [0.29, 0.717) is 12.5 Å². The minimum Gasteiger partial charge on any atom is -0.383 e. The minimum atomic E-state index is -0.117. The summed E-state index contributed by atoms with van der Waals surface area (Å²) in [6, 6.07) is 5.12. The Balaban J connectivity index is 2.48. The molecule has 1 aromatic rings. The second-order valence-corrected chi connectivity index (χ2v) is 5.33. The number of ether oxygens (including phenoxy) is 1. The number of rotatable bonds is 8. The molecule has 0 aliphatic heterocycles. The van der Waals surface area contributed by atoms with E-state index in [0.717, 1.165) is 36.0 Å². The van der Waals surface area contributed by atoms with Gasteiger partial charge >= 0.3 is 0 Å².